The highest BCUT2D eigenvalue weighted by Gasteiger charge is 2.24. The monoisotopic (exact) mass is 430 g/mol. The second-order valence-corrected chi connectivity index (χ2v) is 9.02. The lowest BCUT2D eigenvalue weighted by Gasteiger charge is -2.18. The highest BCUT2D eigenvalue weighted by atomic mass is 32.2. The maximum absolute atomic E-state index is 12.8. The lowest BCUT2D eigenvalue weighted by Crippen LogP contribution is -2.26. The molecule has 150 valence electrons. The Balaban J connectivity index is 1.68. The lowest BCUT2D eigenvalue weighted by atomic mass is 10.1. The summed E-state index contributed by atoms with van der Waals surface area (Å²) >= 11 is 1.04. The van der Waals surface area contributed by atoms with Gasteiger partial charge in [-0.25, -0.2) is 13.2 Å². The van der Waals surface area contributed by atoms with Crippen molar-refractivity contribution in [3.8, 4) is 0 Å². The van der Waals surface area contributed by atoms with Gasteiger partial charge in [-0.15, -0.1) is 11.3 Å². The van der Waals surface area contributed by atoms with E-state index in [1.54, 1.807) is 42.5 Å². The van der Waals surface area contributed by atoms with Gasteiger partial charge in [0.25, 0.3) is 15.9 Å². The van der Waals surface area contributed by atoms with E-state index in [1.807, 2.05) is 0 Å². The summed E-state index contributed by atoms with van der Waals surface area (Å²) in [4.78, 5) is 23.6. The fourth-order valence-corrected chi connectivity index (χ4v) is 4.92. The number of carbonyl (C=O) groups excluding carboxylic acids is 1. The molecule has 0 saturated heterocycles. The predicted molar refractivity (Wildman–Crippen MR) is 111 cm³/mol. The molecule has 0 aliphatic carbocycles. The maximum Gasteiger partial charge on any atom is 0.335 e. The Morgan fingerprint density at radius 1 is 1.07 bits per heavy atom. The number of anilines is 1. The smallest absolute Gasteiger partial charge is 0.335 e. The number of hydrogen-bond acceptors (Lipinski definition) is 5. The number of hydrogen-bond donors (Lipinski definition) is 2. The number of carboxylic acid groups (broad SMARTS) is 1. The summed E-state index contributed by atoms with van der Waals surface area (Å²) in [7, 11) is -2.32. The summed E-state index contributed by atoms with van der Waals surface area (Å²) in [6, 6.07) is 16.2. The molecule has 29 heavy (non-hydrogen) atoms. The van der Waals surface area contributed by atoms with Gasteiger partial charge in [0, 0.05) is 19.0 Å². The molecule has 3 rings (SSSR count). The van der Waals surface area contributed by atoms with Crippen LogP contribution in [0.2, 0.25) is 0 Å². The molecule has 1 heterocycles. The zero-order valence-electron chi connectivity index (χ0n) is 15.4. The van der Waals surface area contributed by atoms with Gasteiger partial charge in [-0.1, -0.05) is 30.3 Å². The molecule has 1 aromatic heterocycles. The molecule has 0 bridgehead atoms. The number of benzene rings is 2. The largest absolute Gasteiger partial charge is 0.478 e. The first-order valence-electron chi connectivity index (χ1n) is 8.52. The van der Waals surface area contributed by atoms with Crippen LogP contribution in [-0.4, -0.2) is 32.4 Å². The van der Waals surface area contributed by atoms with E-state index in [-0.39, 0.29) is 21.9 Å². The molecule has 0 radical (unpaired) electrons. The summed E-state index contributed by atoms with van der Waals surface area (Å²) in [5.74, 6) is -1.42. The molecule has 0 fully saturated rings. The van der Waals surface area contributed by atoms with Crippen LogP contribution in [0.3, 0.4) is 0 Å². The Morgan fingerprint density at radius 2 is 1.72 bits per heavy atom. The number of rotatable bonds is 7. The summed E-state index contributed by atoms with van der Waals surface area (Å²) in [5, 5.41) is 13.0. The Morgan fingerprint density at radius 3 is 2.34 bits per heavy atom. The molecule has 2 aromatic carbocycles. The first-order valence-corrected chi connectivity index (χ1v) is 10.8. The average Bonchev–Trinajstić information content (AvgIpc) is 3.23. The number of nitrogens with one attached hydrogen (secondary N) is 1. The van der Waals surface area contributed by atoms with Gasteiger partial charge in [-0.2, -0.15) is 0 Å². The van der Waals surface area contributed by atoms with Gasteiger partial charge >= 0.3 is 5.97 Å². The number of nitrogens with zero attached hydrogens (tertiary/aromatic N) is 1. The summed E-state index contributed by atoms with van der Waals surface area (Å²) in [5.41, 5.74) is 1.42. The van der Waals surface area contributed by atoms with Gasteiger partial charge in [0.05, 0.1) is 21.0 Å². The topological polar surface area (TPSA) is 104 Å². The molecule has 0 atom stereocenters. The van der Waals surface area contributed by atoms with Gasteiger partial charge < -0.3 is 10.4 Å². The van der Waals surface area contributed by atoms with Crippen molar-refractivity contribution in [2.75, 3.05) is 11.4 Å². The second-order valence-electron chi connectivity index (χ2n) is 6.14. The molecule has 0 unspecified atom stereocenters. The highest BCUT2D eigenvalue weighted by Crippen LogP contribution is 2.25. The number of sulfonamides is 1. The lowest BCUT2D eigenvalue weighted by molar-refractivity contribution is 0.0696. The number of para-hydroxylation sites is 1. The summed E-state index contributed by atoms with van der Waals surface area (Å²) in [6.45, 7) is 0.197. The van der Waals surface area contributed by atoms with Crippen LogP contribution in [0.15, 0.2) is 70.9 Å². The fraction of sp³-hybridized carbons (Fsp3) is 0.100. The number of amides is 1. The van der Waals surface area contributed by atoms with E-state index in [1.165, 1.54) is 34.9 Å². The van der Waals surface area contributed by atoms with Crippen LogP contribution in [0.25, 0.3) is 0 Å². The highest BCUT2D eigenvalue weighted by molar-refractivity contribution is 7.93. The third-order valence-electron chi connectivity index (χ3n) is 4.23. The fourth-order valence-electron chi connectivity index (χ4n) is 2.54. The molecule has 1 amide bonds. The molecule has 0 spiro atoms. The van der Waals surface area contributed by atoms with E-state index in [4.69, 9.17) is 5.11 Å². The van der Waals surface area contributed by atoms with Crippen LogP contribution < -0.4 is 9.62 Å². The van der Waals surface area contributed by atoms with E-state index in [9.17, 15) is 18.0 Å². The van der Waals surface area contributed by atoms with Crippen molar-refractivity contribution in [1.29, 1.82) is 0 Å². The van der Waals surface area contributed by atoms with Crippen molar-refractivity contribution in [3.63, 3.8) is 0 Å². The van der Waals surface area contributed by atoms with Crippen LogP contribution in [0, 0.1) is 0 Å². The minimum atomic E-state index is -3.78. The Kier molecular flexibility index (Phi) is 6.00. The zero-order chi connectivity index (χ0) is 21.0. The number of carboxylic acids is 1. The number of aromatic carboxylic acids is 1. The third kappa shape index (κ3) is 4.64. The molecule has 7 nitrogen and oxygen atoms in total. The quantitative estimate of drug-likeness (QED) is 0.599. The van der Waals surface area contributed by atoms with Crippen LogP contribution in [0.5, 0.6) is 0 Å². The molecule has 2 N–H and O–H groups in total. The van der Waals surface area contributed by atoms with Crippen molar-refractivity contribution in [2.45, 2.75) is 11.4 Å². The van der Waals surface area contributed by atoms with Crippen molar-refractivity contribution in [1.82, 2.24) is 5.32 Å². The standard InChI is InChI=1S/C20H18N2O5S2/c1-22(16-5-3-2-4-6-16)29(26,27)17-11-18(28-13-17)19(23)21-12-14-7-9-15(10-8-14)20(24)25/h2-11,13H,12H2,1H3,(H,21,23)(H,24,25). The Bertz CT molecular complexity index is 1120. The van der Waals surface area contributed by atoms with Gasteiger partial charge in [-0.05, 0) is 35.9 Å². The molecule has 0 saturated carbocycles. The van der Waals surface area contributed by atoms with Crippen molar-refractivity contribution < 1.29 is 23.1 Å². The number of carbonyl (C=O) groups is 2. The molecule has 0 aliphatic rings. The molecule has 0 aliphatic heterocycles. The second kappa shape index (κ2) is 8.46. The van der Waals surface area contributed by atoms with E-state index in [0.29, 0.717) is 5.69 Å². The van der Waals surface area contributed by atoms with E-state index in [0.717, 1.165) is 16.9 Å². The van der Waals surface area contributed by atoms with Crippen LogP contribution in [0.1, 0.15) is 25.6 Å². The van der Waals surface area contributed by atoms with Crippen LogP contribution in [0.4, 0.5) is 5.69 Å². The maximum atomic E-state index is 12.8. The van der Waals surface area contributed by atoms with Crippen LogP contribution in [-0.2, 0) is 16.6 Å². The van der Waals surface area contributed by atoms with Crippen LogP contribution >= 0.6 is 11.3 Å². The molecule has 3 aromatic rings. The van der Waals surface area contributed by atoms with Gasteiger partial charge in [0.2, 0.25) is 0 Å². The number of thiophene rings is 1. The Labute approximate surface area is 172 Å². The van der Waals surface area contributed by atoms with Gasteiger partial charge in [-0.3, -0.25) is 9.10 Å². The normalized spacial score (nSPS) is 11.1. The predicted octanol–water partition coefficient (Wildman–Crippen LogP) is 3.20. The van der Waals surface area contributed by atoms with E-state index < -0.39 is 21.9 Å². The summed E-state index contributed by atoms with van der Waals surface area (Å²) < 4.78 is 26.7. The Hall–Kier alpha value is -3.17. The van der Waals surface area contributed by atoms with E-state index in [2.05, 4.69) is 5.32 Å². The third-order valence-corrected chi connectivity index (χ3v) is 7.07. The zero-order valence-corrected chi connectivity index (χ0v) is 17.0. The van der Waals surface area contributed by atoms with Crippen molar-refractivity contribution >= 4 is 38.9 Å². The van der Waals surface area contributed by atoms with Gasteiger partial charge in [0.1, 0.15) is 0 Å². The minimum Gasteiger partial charge on any atom is -0.478 e. The molecule has 9 heteroatoms. The van der Waals surface area contributed by atoms with Gasteiger partial charge in [0.15, 0.2) is 0 Å². The average molecular weight is 431 g/mol. The first kappa shape index (κ1) is 20.6. The van der Waals surface area contributed by atoms with E-state index >= 15 is 0 Å². The molecular weight excluding hydrogens is 412 g/mol. The summed E-state index contributed by atoms with van der Waals surface area (Å²) in [6.07, 6.45) is 0. The SMILES string of the molecule is CN(c1ccccc1)S(=O)(=O)c1csc(C(=O)NCc2ccc(C(=O)O)cc2)c1. The van der Waals surface area contributed by atoms with Crippen molar-refractivity contribution in [2.24, 2.45) is 0 Å². The first-order chi connectivity index (χ1) is 13.8. The van der Waals surface area contributed by atoms with Crippen molar-refractivity contribution in [3.05, 3.63) is 82.0 Å². The molecular formula is C20H18N2O5S2. The minimum absolute atomic E-state index is 0.0461.